The van der Waals surface area contributed by atoms with Crippen LogP contribution >= 0.6 is 0 Å². The maximum Gasteiger partial charge on any atom is 0.233 e. The predicted molar refractivity (Wildman–Crippen MR) is 98.8 cm³/mol. The van der Waals surface area contributed by atoms with Gasteiger partial charge in [-0.3, -0.25) is 4.79 Å². The second-order valence-corrected chi connectivity index (χ2v) is 7.52. The van der Waals surface area contributed by atoms with Gasteiger partial charge in [0.05, 0.1) is 0 Å². The van der Waals surface area contributed by atoms with Gasteiger partial charge in [0.1, 0.15) is 0 Å². The van der Waals surface area contributed by atoms with Gasteiger partial charge >= 0.3 is 0 Å². The van der Waals surface area contributed by atoms with Crippen molar-refractivity contribution in [3.63, 3.8) is 0 Å². The van der Waals surface area contributed by atoms with E-state index in [2.05, 4.69) is 17.0 Å². The number of unbranched alkanes of at least 4 members (excludes halogenated alkanes) is 2. The first kappa shape index (κ1) is 20.4. The fourth-order valence-corrected chi connectivity index (χ4v) is 3.03. The molecule has 0 spiro atoms. The van der Waals surface area contributed by atoms with Crippen LogP contribution in [0.5, 0.6) is 0 Å². The number of benzene rings is 1. The lowest BCUT2D eigenvalue weighted by molar-refractivity contribution is -0.121. The normalized spacial score (nSPS) is 13.1. The van der Waals surface area contributed by atoms with E-state index in [0.717, 1.165) is 36.7 Å². The van der Waals surface area contributed by atoms with E-state index in [9.17, 15) is 13.2 Å². The first-order valence-corrected chi connectivity index (χ1v) is 9.99. The summed E-state index contributed by atoms with van der Waals surface area (Å²) >= 11 is 0. The third-order valence-corrected chi connectivity index (χ3v) is 4.64. The molecule has 1 atom stereocenters. The van der Waals surface area contributed by atoms with Crippen molar-refractivity contribution in [2.45, 2.75) is 52.0 Å². The molecule has 134 valence electrons. The average Bonchev–Trinajstić information content (AvgIpc) is 2.54. The molecule has 1 aromatic carbocycles. The summed E-state index contributed by atoms with van der Waals surface area (Å²) in [5.41, 5.74) is 0.807. The molecule has 1 rings (SSSR count). The maximum atomic E-state index is 11.9. The second-order valence-electron chi connectivity index (χ2n) is 5.87. The minimum absolute atomic E-state index is 0.0922. The van der Waals surface area contributed by atoms with E-state index in [1.807, 2.05) is 37.3 Å². The van der Waals surface area contributed by atoms with E-state index in [-0.39, 0.29) is 24.9 Å². The van der Waals surface area contributed by atoms with Crippen molar-refractivity contribution < 1.29 is 13.2 Å². The molecule has 1 aromatic rings. The maximum absolute atomic E-state index is 11.9. The first-order chi connectivity index (χ1) is 11.4. The minimum Gasteiger partial charge on any atom is -0.354 e. The minimum atomic E-state index is -3.53. The van der Waals surface area contributed by atoms with Crippen LogP contribution in [0.4, 0.5) is 0 Å². The molecule has 1 unspecified atom stereocenters. The van der Waals surface area contributed by atoms with Gasteiger partial charge in [-0.25, -0.2) is 13.1 Å². The van der Waals surface area contributed by atoms with Crippen LogP contribution < -0.4 is 10.0 Å². The van der Waals surface area contributed by atoms with Crippen molar-refractivity contribution in [2.24, 2.45) is 0 Å². The SMILES string of the molecule is CCCCCC(C)NC(=O)CCNS(=O)(=O)/C=C/c1ccccc1. The number of hydrogen-bond acceptors (Lipinski definition) is 3. The van der Waals surface area contributed by atoms with Crippen LogP contribution in [-0.2, 0) is 14.8 Å². The standard InChI is InChI=1S/C18H28N2O3S/c1-3-4-6-9-16(2)20-18(21)12-14-19-24(22,23)15-13-17-10-7-5-8-11-17/h5,7-8,10-11,13,15-16,19H,3-4,6,9,12,14H2,1-2H3,(H,20,21)/b15-13+. The van der Waals surface area contributed by atoms with Gasteiger partial charge in [0.15, 0.2) is 0 Å². The Morgan fingerprint density at radius 2 is 1.92 bits per heavy atom. The van der Waals surface area contributed by atoms with E-state index >= 15 is 0 Å². The van der Waals surface area contributed by atoms with E-state index in [0.29, 0.717) is 0 Å². The highest BCUT2D eigenvalue weighted by Gasteiger charge is 2.09. The van der Waals surface area contributed by atoms with Crippen molar-refractivity contribution in [2.75, 3.05) is 6.54 Å². The molecule has 0 bridgehead atoms. The van der Waals surface area contributed by atoms with E-state index in [1.165, 1.54) is 6.08 Å². The van der Waals surface area contributed by atoms with Crippen LogP contribution in [0.2, 0.25) is 0 Å². The third-order valence-electron chi connectivity index (χ3n) is 3.54. The zero-order chi connectivity index (χ0) is 17.8. The Bertz CT molecular complexity index is 612. The lowest BCUT2D eigenvalue weighted by Crippen LogP contribution is -2.35. The van der Waals surface area contributed by atoms with Crippen LogP contribution in [0, 0.1) is 0 Å². The molecule has 6 heteroatoms. The Hall–Kier alpha value is -1.66. The third kappa shape index (κ3) is 9.47. The largest absolute Gasteiger partial charge is 0.354 e. The summed E-state index contributed by atoms with van der Waals surface area (Å²) in [4.78, 5) is 11.8. The molecule has 0 heterocycles. The quantitative estimate of drug-likeness (QED) is 0.601. The predicted octanol–water partition coefficient (Wildman–Crippen LogP) is 3.05. The van der Waals surface area contributed by atoms with Crippen molar-refractivity contribution in [1.82, 2.24) is 10.0 Å². The fourth-order valence-electron chi connectivity index (χ4n) is 2.21. The molecule has 0 aliphatic rings. The second kappa shape index (κ2) is 11.0. The Labute approximate surface area is 145 Å². The van der Waals surface area contributed by atoms with Crippen molar-refractivity contribution in [3.05, 3.63) is 41.3 Å². The van der Waals surface area contributed by atoms with Gasteiger partial charge in [-0.1, -0.05) is 56.5 Å². The Morgan fingerprint density at radius 1 is 1.21 bits per heavy atom. The zero-order valence-electron chi connectivity index (χ0n) is 14.5. The smallest absolute Gasteiger partial charge is 0.233 e. The zero-order valence-corrected chi connectivity index (χ0v) is 15.3. The summed E-state index contributed by atoms with van der Waals surface area (Å²) in [6.07, 6.45) is 6.02. The number of amides is 1. The van der Waals surface area contributed by atoms with Crippen LogP contribution in [0.15, 0.2) is 35.7 Å². The summed E-state index contributed by atoms with van der Waals surface area (Å²) in [6.45, 7) is 4.21. The summed E-state index contributed by atoms with van der Waals surface area (Å²) in [7, 11) is -3.53. The van der Waals surface area contributed by atoms with Gasteiger partial charge in [-0.15, -0.1) is 0 Å². The molecular formula is C18H28N2O3S. The molecule has 0 saturated carbocycles. The lowest BCUT2D eigenvalue weighted by Gasteiger charge is -2.13. The van der Waals surface area contributed by atoms with Gasteiger partial charge in [0, 0.05) is 24.4 Å². The van der Waals surface area contributed by atoms with Crippen LogP contribution in [0.1, 0.15) is 51.5 Å². The monoisotopic (exact) mass is 352 g/mol. The number of sulfonamides is 1. The Kier molecular flexibility index (Phi) is 9.34. The van der Waals surface area contributed by atoms with Crippen LogP contribution in [-0.4, -0.2) is 26.9 Å². The van der Waals surface area contributed by atoms with E-state index < -0.39 is 10.0 Å². The van der Waals surface area contributed by atoms with Gasteiger partial charge in [-0.05, 0) is 25.0 Å². The number of nitrogens with one attached hydrogen (secondary N) is 2. The summed E-state index contributed by atoms with van der Waals surface area (Å²) in [6, 6.07) is 9.31. The molecular weight excluding hydrogens is 324 g/mol. The van der Waals surface area contributed by atoms with Gasteiger partial charge < -0.3 is 5.32 Å². The Balaban J connectivity index is 2.30. The lowest BCUT2D eigenvalue weighted by atomic mass is 10.1. The molecule has 5 nitrogen and oxygen atoms in total. The molecule has 0 aromatic heterocycles. The first-order valence-electron chi connectivity index (χ1n) is 8.45. The summed E-state index contributed by atoms with van der Waals surface area (Å²) in [5.74, 6) is -0.131. The molecule has 2 N–H and O–H groups in total. The summed E-state index contributed by atoms with van der Waals surface area (Å²) < 4.78 is 26.1. The van der Waals surface area contributed by atoms with Crippen LogP contribution in [0.3, 0.4) is 0 Å². The van der Waals surface area contributed by atoms with Crippen molar-refractivity contribution in [1.29, 1.82) is 0 Å². The van der Waals surface area contributed by atoms with Crippen molar-refractivity contribution >= 4 is 22.0 Å². The topological polar surface area (TPSA) is 75.3 Å². The van der Waals surface area contributed by atoms with Crippen molar-refractivity contribution in [3.8, 4) is 0 Å². The molecule has 0 aliphatic heterocycles. The van der Waals surface area contributed by atoms with Crippen LogP contribution in [0.25, 0.3) is 6.08 Å². The highest BCUT2D eigenvalue weighted by atomic mass is 32.2. The van der Waals surface area contributed by atoms with E-state index in [4.69, 9.17) is 0 Å². The van der Waals surface area contributed by atoms with Gasteiger partial charge in [0.25, 0.3) is 0 Å². The molecule has 1 amide bonds. The van der Waals surface area contributed by atoms with Gasteiger partial charge in [-0.2, -0.15) is 0 Å². The molecule has 0 fully saturated rings. The van der Waals surface area contributed by atoms with E-state index in [1.54, 1.807) is 0 Å². The molecule has 0 aliphatic carbocycles. The number of rotatable bonds is 11. The molecule has 0 saturated heterocycles. The van der Waals surface area contributed by atoms with Gasteiger partial charge in [0.2, 0.25) is 15.9 Å². The Morgan fingerprint density at radius 3 is 2.58 bits per heavy atom. The summed E-state index contributed by atoms with van der Waals surface area (Å²) in [5, 5.41) is 4.01. The fraction of sp³-hybridized carbons (Fsp3) is 0.500. The average molecular weight is 352 g/mol. The highest BCUT2D eigenvalue weighted by molar-refractivity contribution is 7.92. The molecule has 24 heavy (non-hydrogen) atoms. The number of carbonyl (C=O) groups excluding carboxylic acids is 1. The molecule has 0 radical (unpaired) electrons. The highest BCUT2D eigenvalue weighted by Crippen LogP contribution is 2.04. The number of hydrogen-bond donors (Lipinski definition) is 2. The number of carbonyl (C=O) groups is 1.